The molecule has 0 heteroatoms. The molecule has 4 aromatic rings. The normalized spacial score (nSPS) is 11.6. The molecule has 30 heavy (non-hydrogen) atoms. The van der Waals surface area contributed by atoms with Crippen molar-refractivity contribution in [3.8, 4) is 22.3 Å². The van der Waals surface area contributed by atoms with Gasteiger partial charge in [0.1, 0.15) is 0 Å². The van der Waals surface area contributed by atoms with Gasteiger partial charge < -0.3 is 0 Å². The quantitative estimate of drug-likeness (QED) is 0.293. The third kappa shape index (κ3) is 4.92. The maximum atomic E-state index is 2.17. The lowest BCUT2D eigenvalue weighted by atomic mass is 9.99. The van der Waals surface area contributed by atoms with Gasteiger partial charge >= 0.3 is 0 Å². The summed E-state index contributed by atoms with van der Waals surface area (Å²) in [7, 11) is 0. The zero-order valence-corrected chi connectivity index (χ0v) is 16.9. The molecular formula is C30H24. The minimum Gasteiger partial charge on any atom is -0.0622 e. The number of hydrogen-bond donors (Lipinski definition) is 0. The van der Waals surface area contributed by atoms with E-state index in [1.807, 2.05) is 12.1 Å². The van der Waals surface area contributed by atoms with Crippen LogP contribution in [-0.4, -0.2) is 0 Å². The summed E-state index contributed by atoms with van der Waals surface area (Å²) in [6.45, 7) is 0. The van der Waals surface area contributed by atoms with E-state index in [1.165, 1.54) is 33.4 Å². The first-order valence-electron chi connectivity index (χ1n) is 10.2. The number of benzene rings is 4. The molecule has 0 aliphatic heterocycles. The lowest BCUT2D eigenvalue weighted by molar-refractivity contribution is 1.59. The van der Waals surface area contributed by atoms with Gasteiger partial charge in [0.25, 0.3) is 0 Å². The van der Waals surface area contributed by atoms with Crippen molar-refractivity contribution in [3.63, 3.8) is 0 Å². The minimum absolute atomic E-state index is 1.21. The zero-order valence-electron chi connectivity index (χ0n) is 16.9. The van der Waals surface area contributed by atoms with Crippen molar-refractivity contribution in [2.75, 3.05) is 0 Å². The van der Waals surface area contributed by atoms with Gasteiger partial charge in [0.2, 0.25) is 0 Å². The molecule has 0 saturated heterocycles. The molecule has 0 spiro atoms. The molecule has 144 valence electrons. The van der Waals surface area contributed by atoms with Crippen molar-refractivity contribution in [1.82, 2.24) is 0 Å². The van der Waals surface area contributed by atoms with E-state index in [4.69, 9.17) is 0 Å². The van der Waals surface area contributed by atoms with Gasteiger partial charge in [-0.05, 0) is 33.4 Å². The SMILES string of the molecule is C(=C\C=C\c1ccccc1-c1ccccc1)/C=C/c1ccccc1-c1ccccc1. The minimum atomic E-state index is 1.21. The molecule has 4 rings (SSSR count). The predicted molar refractivity (Wildman–Crippen MR) is 131 cm³/mol. The van der Waals surface area contributed by atoms with Crippen molar-refractivity contribution in [3.05, 3.63) is 145 Å². The molecule has 0 saturated carbocycles. The van der Waals surface area contributed by atoms with Crippen LogP contribution in [0.5, 0.6) is 0 Å². The molecule has 0 amide bonds. The van der Waals surface area contributed by atoms with Crippen molar-refractivity contribution in [1.29, 1.82) is 0 Å². The number of rotatable bonds is 6. The Morgan fingerprint density at radius 1 is 0.333 bits per heavy atom. The van der Waals surface area contributed by atoms with Crippen LogP contribution < -0.4 is 0 Å². The molecule has 0 N–H and O–H groups in total. The van der Waals surface area contributed by atoms with Crippen LogP contribution in [0.2, 0.25) is 0 Å². The summed E-state index contributed by atoms with van der Waals surface area (Å²) in [4.78, 5) is 0. The fourth-order valence-corrected chi connectivity index (χ4v) is 3.49. The van der Waals surface area contributed by atoms with Gasteiger partial charge in [-0.1, -0.05) is 146 Å². The maximum absolute atomic E-state index is 2.17. The third-order valence-corrected chi connectivity index (χ3v) is 4.98. The Labute approximate surface area is 179 Å². The Hall–Kier alpha value is -3.90. The smallest absolute Gasteiger partial charge is 0.0111 e. The highest BCUT2D eigenvalue weighted by Crippen LogP contribution is 2.25. The number of allylic oxidation sites excluding steroid dienone is 4. The molecule has 0 atom stereocenters. The highest BCUT2D eigenvalue weighted by molar-refractivity contribution is 5.76. The van der Waals surface area contributed by atoms with E-state index in [2.05, 4.69) is 134 Å². The van der Waals surface area contributed by atoms with Gasteiger partial charge in [-0.3, -0.25) is 0 Å². The monoisotopic (exact) mass is 384 g/mol. The second-order valence-corrected chi connectivity index (χ2v) is 7.01. The van der Waals surface area contributed by atoms with Gasteiger partial charge in [-0.15, -0.1) is 0 Å². The van der Waals surface area contributed by atoms with Gasteiger partial charge in [-0.2, -0.15) is 0 Å². The average Bonchev–Trinajstić information content (AvgIpc) is 2.83. The standard InChI is InChI=1S/C30H24/c1(5-15-27-21-11-13-23-29(27)25-17-7-3-8-18-25)2-6-16-28-22-12-14-24-30(28)26-19-9-4-10-20-26/h1-24H/b2-1+,15-5+,16-6+. The zero-order chi connectivity index (χ0) is 20.4. The molecule has 0 aliphatic carbocycles. The van der Waals surface area contributed by atoms with Gasteiger partial charge in [0, 0.05) is 0 Å². The summed E-state index contributed by atoms with van der Waals surface area (Å²) >= 11 is 0. The van der Waals surface area contributed by atoms with E-state index in [0.717, 1.165) is 0 Å². The largest absolute Gasteiger partial charge is 0.0622 e. The molecule has 0 fully saturated rings. The van der Waals surface area contributed by atoms with Crippen LogP contribution in [0.1, 0.15) is 11.1 Å². The number of hydrogen-bond acceptors (Lipinski definition) is 0. The Balaban J connectivity index is 1.47. The summed E-state index contributed by atoms with van der Waals surface area (Å²) in [5.41, 5.74) is 7.39. The predicted octanol–water partition coefficient (Wildman–Crippen LogP) is 8.30. The first-order chi connectivity index (χ1) is 14.9. The average molecular weight is 385 g/mol. The molecule has 4 aromatic carbocycles. The van der Waals surface area contributed by atoms with E-state index in [9.17, 15) is 0 Å². The van der Waals surface area contributed by atoms with E-state index in [0.29, 0.717) is 0 Å². The summed E-state index contributed by atoms with van der Waals surface area (Å²) in [6, 6.07) is 38.0. The van der Waals surface area contributed by atoms with Crippen LogP contribution in [0, 0.1) is 0 Å². The molecule has 0 unspecified atom stereocenters. The van der Waals surface area contributed by atoms with Crippen LogP contribution in [0.25, 0.3) is 34.4 Å². The summed E-state index contributed by atoms with van der Waals surface area (Å²) in [6.07, 6.45) is 12.6. The lowest BCUT2D eigenvalue weighted by Gasteiger charge is -2.05. The highest BCUT2D eigenvalue weighted by Gasteiger charge is 2.01. The van der Waals surface area contributed by atoms with Crippen molar-refractivity contribution >= 4 is 12.2 Å². The van der Waals surface area contributed by atoms with Crippen LogP contribution in [0.15, 0.2) is 133 Å². The van der Waals surface area contributed by atoms with Gasteiger partial charge in [0.05, 0.1) is 0 Å². The van der Waals surface area contributed by atoms with Crippen LogP contribution in [0.3, 0.4) is 0 Å². The van der Waals surface area contributed by atoms with Crippen LogP contribution in [0.4, 0.5) is 0 Å². The second kappa shape index (κ2) is 10.0. The topological polar surface area (TPSA) is 0 Å². The highest BCUT2D eigenvalue weighted by atomic mass is 14.1. The molecule has 0 bridgehead atoms. The fraction of sp³-hybridized carbons (Fsp3) is 0. The molecule has 0 aromatic heterocycles. The van der Waals surface area contributed by atoms with E-state index in [-0.39, 0.29) is 0 Å². The molecular weight excluding hydrogens is 360 g/mol. The maximum Gasteiger partial charge on any atom is -0.0111 e. The van der Waals surface area contributed by atoms with Gasteiger partial charge in [-0.25, -0.2) is 0 Å². The first kappa shape index (κ1) is 19.4. The molecule has 0 nitrogen and oxygen atoms in total. The molecule has 0 heterocycles. The Morgan fingerprint density at radius 2 is 0.700 bits per heavy atom. The molecule has 0 aliphatic rings. The van der Waals surface area contributed by atoms with Crippen LogP contribution in [-0.2, 0) is 0 Å². The Bertz CT molecular complexity index is 1070. The summed E-state index contributed by atoms with van der Waals surface area (Å²) in [5.74, 6) is 0. The second-order valence-electron chi connectivity index (χ2n) is 7.01. The van der Waals surface area contributed by atoms with Crippen molar-refractivity contribution in [2.24, 2.45) is 0 Å². The Morgan fingerprint density at radius 3 is 1.13 bits per heavy atom. The summed E-state index contributed by atoms with van der Waals surface area (Å²) < 4.78 is 0. The van der Waals surface area contributed by atoms with Gasteiger partial charge in [0.15, 0.2) is 0 Å². The summed E-state index contributed by atoms with van der Waals surface area (Å²) in [5, 5.41) is 0. The fourth-order valence-electron chi connectivity index (χ4n) is 3.49. The third-order valence-electron chi connectivity index (χ3n) is 4.98. The van der Waals surface area contributed by atoms with Crippen molar-refractivity contribution in [2.45, 2.75) is 0 Å². The van der Waals surface area contributed by atoms with E-state index < -0.39 is 0 Å². The van der Waals surface area contributed by atoms with Crippen molar-refractivity contribution < 1.29 is 0 Å². The lowest BCUT2D eigenvalue weighted by Crippen LogP contribution is -1.82. The first-order valence-corrected chi connectivity index (χ1v) is 10.2. The molecule has 0 radical (unpaired) electrons. The Kier molecular flexibility index (Phi) is 6.50. The van der Waals surface area contributed by atoms with E-state index >= 15 is 0 Å². The van der Waals surface area contributed by atoms with Crippen LogP contribution >= 0.6 is 0 Å². The van der Waals surface area contributed by atoms with E-state index in [1.54, 1.807) is 0 Å².